The van der Waals surface area contributed by atoms with Crippen molar-refractivity contribution in [2.24, 2.45) is 0 Å². The Kier molecular flexibility index (Phi) is 6.38. The monoisotopic (exact) mass is 737 g/mol. The van der Waals surface area contributed by atoms with E-state index in [9.17, 15) is 0 Å². The summed E-state index contributed by atoms with van der Waals surface area (Å²) in [5, 5.41) is 12.2. The zero-order valence-corrected chi connectivity index (χ0v) is 31.1. The number of fused-ring (bicyclic) bond motifs is 15. The van der Waals surface area contributed by atoms with Crippen LogP contribution in [0.1, 0.15) is 0 Å². The molecule has 5 heteroatoms. The van der Waals surface area contributed by atoms with Crippen LogP contribution in [0.2, 0.25) is 0 Å². The predicted molar refractivity (Wildman–Crippen MR) is 241 cm³/mol. The second-order valence-corrected chi connectivity index (χ2v) is 15.1. The minimum atomic E-state index is 0.633. The predicted octanol–water partition coefficient (Wildman–Crippen LogP) is 13.5. The van der Waals surface area contributed by atoms with Gasteiger partial charge in [-0.05, 0) is 34.4 Å². The van der Waals surface area contributed by atoms with Crippen LogP contribution in [0.25, 0.3) is 121 Å². The third kappa shape index (κ3) is 4.27. The fourth-order valence-electron chi connectivity index (χ4n) is 9.64. The molecule has 0 atom stereocenters. The number of rotatable bonds is 3. The van der Waals surface area contributed by atoms with Gasteiger partial charge in [0.1, 0.15) is 0 Å². The van der Waals surface area contributed by atoms with Gasteiger partial charge in [0.2, 0.25) is 0 Å². The van der Waals surface area contributed by atoms with Gasteiger partial charge in [0.25, 0.3) is 0 Å². The second-order valence-electron chi connectivity index (χ2n) is 15.1. The van der Waals surface area contributed by atoms with Crippen molar-refractivity contribution in [1.29, 1.82) is 0 Å². The van der Waals surface area contributed by atoms with Crippen molar-refractivity contribution in [3.8, 4) is 34.2 Å². The maximum atomic E-state index is 5.14. The van der Waals surface area contributed by atoms with Crippen LogP contribution in [-0.2, 0) is 0 Å². The number of para-hydroxylation sites is 3. The summed E-state index contributed by atoms with van der Waals surface area (Å²) in [6.07, 6.45) is 0. The Balaban J connectivity index is 1.26. The Hall–Kier alpha value is -7.89. The first-order valence-corrected chi connectivity index (χ1v) is 19.7. The third-order valence-electron chi connectivity index (χ3n) is 12.1. The van der Waals surface area contributed by atoms with Gasteiger partial charge in [0.15, 0.2) is 17.5 Å². The van der Waals surface area contributed by atoms with E-state index >= 15 is 0 Å². The molecule has 58 heavy (non-hydrogen) atoms. The summed E-state index contributed by atoms with van der Waals surface area (Å²) in [4.78, 5) is 15.3. The molecular weight excluding hydrogens is 707 g/mol. The second kappa shape index (κ2) is 11.8. The van der Waals surface area contributed by atoms with Gasteiger partial charge in [-0.15, -0.1) is 0 Å². The van der Waals surface area contributed by atoms with Crippen molar-refractivity contribution in [3.63, 3.8) is 0 Å². The zero-order chi connectivity index (χ0) is 37.9. The number of benzene rings is 9. The molecule has 9 aromatic carbocycles. The molecule has 0 bridgehead atoms. The van der Waals surface area contributed by atoms with Gasteiger partial charge in [0.05, 0.1) is 33.1 Å². The van der Waals surface area contributed by atoms with Crippen molar-refractivity contribution >= 4 is 87.0 Å². The Bertz CT molecular complexity index is 3790. The first-order chi connectivity index (χ1) is 28.8. The molecule has 0 fully saturated rings. The maximum absolute atomic E-state index is 5.14. The number of nitrogens with zero attached hydrogens (tertiary/aromatic N) is 5. The maximum Gasteiger partial charge on any atom is 0.164 e. The molecule has 0 spiro atoms. The van der Waals surface area contributed by atoms with Crippen molar-refractivity contribution < 1.29 is 0 Å². The van der Waals surface area contributed by atoms with E-state index in [-0.39, 0.29) is 0 Å². The molecule has 0 saturated carbocycles. The Morgan fingerprint density at radius 2 is 0.724 bits per heavy atom. The molecule has 0 saturated heterocycles. The van der Waals surface area contributed by atoms with E-state index in [0.717, 1.165) is 27.7 Å². The summed E-state index contributed by atoms with van der Waals surface area (Å²) in [6, 6.07) is 67.4. The van der Waals surface area contributed by atoms with Crippen LogP contribution in [0.4, 0.5) is 0 Å². The highest BCUT2D eigenvalue weighted by Gasteiger charge is 2.22. The molecule has 13 aromatic rings. The quantitative estimate of drug-likeness (QED) is 0.170. The Morgan fingerprint density at radius 3 is 1.43 bits per heavy atom. The van der Waals surface area contributed by atoms with Crippen LogP contribution in [0, 0.1) is 0 Å². The Morgan fingerprint density at radius 1 is 0.259 bits per heavy atom. The summed E-state index contributed by atoms with van der Waals surface area (Å²) in [5.74, 6) is 1.92. The lowest BCUT2D eigenvalue weighted by Crippen LogP contribution is -2.00. The summed E-state index contributed by atoms with van der Waals surface area (Å²) in [6.45, 7) is 0. The molecule has 0 aliphatic rings. The van der Waals surface area contributed by atoms with Gasteiger partial charge < -0.3 is 8.80 Å². The lowest BCUT2D eigenvalue weighted by atomic mass is 9.95. The topological polar surface area (TPSA) is 47.5 Å². The first kappa shape index (κ1) is 31.3. The van der Waals surface area contributed by atoms with Crippen molar-refractivity contribution in [3.05, 3.63) is 188 Å². The molecule has 0 unspecified atom stereocenters. The van der Waals surface area contributed by atoms with E-state index in [0.29, 0.717) is 17.5 Å². The van der Waals surface area contributed by atoms with Gasteiger partial charge in [-0.3, -0.25) is 0 Å². The van der Waals surface area contributed by atoms with Crippen LogP contribution in [0.15, 0.2) is 188 Å². The summed E-state index contributed by atoms with van der Waals surface area (Å²) < 4.78 is 5.05. The van der Waals surface area contributed by atoms with Crippen molar-refractivity contribution in [2.75, 3.05) is 0 Å². The third-order valence-corrected chi connectivity index (χ3v) is 12.1. The normalized spacial score (nSPS) is 12.1. The Labute approximate surface area is 331 Å². The SMILES string of the molecule is c1ccc(-c2nc(-c3ccccc3)nc(-c3ccc4c5cccc6c7c8ccccc8c8ccccc8c7n7c8ccccc8c8cccc(c87)n(c4c3)c56)n2)cc1. The van der Waals surface area contributed by atoms with Crippen LogP contribution in [0.5, 0.6) is 0 Å². The van der Waals surface area contributed by atoms with E-state index in [1.807, 2.05) is 36.4 Å². The van der Waals surface area contributed by atoms with Crippen LogP contribution in [0.3, 0.4) is 0 Å². The highest BCUT2D eigenvalue weighted by Crippen LogP contribution is 2.45. The number of hydrogen-bond acceptors (Lipinski definition) is 3. The largest absolute Gasteiger partial charge is 0.306 e. The molecule has 0 amide bonds. The molecule has 5 nitrogen and oxygen atoms in total. The molecule has 0 aliphatic heterocycles. The molecule has 13 rings (SSSR count). The number of hydrogen-bond donors (Lipinski definition) is 0. The zero-order valence-electron chi connectivity index (χ0n) is 31.1. The van der Waals surface area contributed by atoms with Crippen LogP contribution < -0.4 is 0 Å². The van der Waals surface area contributed by atoms with Crippen LogP contribution in [-0.4, -0.2) is 23.8 Å². The molecule has 4 aromatic heterocycles. The standard InChI is InChI=1S/C53H31N5/c1-3-15-32(16-4-1)51-54-52(33-17-5-2-6-18-33)56-53(55-51)34-29-30-38-41-24-13-26-43-47-39-22-9-7-19-35(39)36-20-8-10-23-40(36)50(47)58-44-27-12-11-21-37(44)42-25-14-28-45(49(42)58)57(48(41)43)46(38)31-34/h1-31H. The average molecular weight is 738 g/mol. The van der Waals surface area contributed by atoms with Crippen molar-refractivity contribution in [1.82, 2.24) is 23.8 Å². The van der Waals surface area contributed by atoms with Gasteiger partial charge in [-0.1, -0.05) is 170 Å². The van der Waals surface area contributed by atoms with Gasteiger partial charge in [0, 0.05) is 54.4 Å². The highest BCUT2D eigenvalue weighted by atomic mass is 15.0. The van der Waals surface area contributed by atoms with Crippen LogP contribution >= 0.6 is 0 Å². The molecule has 268 valence electrons. The lowest BCUT2D eigenvalue weighted by molar-refractivity contribution is 1.07. The summed E-state index contributed by atoms with van der Waals surface area (Å²) in [7, 11) is 0. The molecule has 4 heterocycles. The van der Waals surface area contributed by atoms with E-state index in [4.69, 9.17) is 15.0 Å². The minimum Gasteiger partial charge on any atom is -0.306 e. The van der Waals surface area contributed by atoms with Gasteiger partial charge in [-0.25, -0.2) is 15.0 Å². The minimum absolute atomic E-state index is 0.633. The molecule has 0 radical (unpaired) electrons. The van der Waals surface area contributed by atoms with E-state index in [1.54, 1.807) is 0 Å². The lowest BCUT2D eigenvalue weighted by Gasteiger charge is -2.15. The van der Waals surface area contributed by atoms with Crippen molar-refractivity contribution in [2.45, 2.75) is 0 Å². The molecule has 0 aliphatic carbocycles. The first-order valence-electron chi connectivity index (χ1n) is 19.7. The summed E-state index contributed by atoms with van der Waals surface area (Å²) >= 11 is 0. The smallest absolute Gasteiger partial charge is 0.164 e. The molecule has 0 N–H and O–H groups in total. The van der Waals surface area contributed by atoms with E-state index < -0.39 is 0 Å². The summed E-state index contributed by atoms with van der Waals surface area (Å²) in [5.41, 5.74) is 9.82. The highest BCUT2D eigenvalue weighted by molar-refractivity contribution is 6.34. The fraction of sp³-hybridized carbons (Fsp3) is 0. The number of aromatic nitrogens is 5. The van der Waals surface area contributed by atoms with Gasteiger partial charge >= 0.3 is 0 Å². The average Bonchev–Trinajstić information content (AvgIpc) is 3.81. The fourth-order valence-corrected chi connectivity index (χ4v) is 9.64. The van der Waals surface area contributed by atoms with Gasteiger partial charge in [-0.2, -0.15) is 0 Å². The molecular formula is C53H31N5. The van der Waals surface area contributed by atoms with E-state index in [1.165, 1.54) is 75.9 Å². The van der Waals surface area contributed by atoms with E-state index in [2.05, 4.69) is 160 Å².